The number of ether oxygens (including phenoxy) is 1. The van der Waals surface area contributed by atoms with Crippen molar-refractivity contribution in [1.29, 1.82) is 0 Å². The van der Waals surface area contributed by atoms with Crippen LogP contribution in [0.5, 0.6) is 5.75 Å². The van der Waals surface area contributed by atoms with Crippen molar-refractivity contribution < 1.29 is 9.53 Å². The van der Waals surface area contributed by atoms with Gasteiger partial charge in [0, 0.05) is 12.6 Å². The Bertz CT molecular complexity index is 860. The maximum absolute atomic E-state index is 13.4. The van der Waals surface area contributed by atoms with Crippen LogP contribution in [0.25, 0.3) is 0 Å². The molecule has 35 heavy (non-hydrogen) atoms. The number of aryl methyl sites for hydroxylation is 1. The van der Waals surface area contributed by atoms with Crippen LogP contribution in [-0.2, 0) is 4.79 Å². The largest absolute Gasteiger partial charge is 0.484 e. The first-order valence-electron chi connectivity index (χ1n) is 14.2. The molecule has 1 aromatic heterocycles. The molecule has 0 saturated heterocycles. The van der Waals surface area contributed by atoms with Crippen LogP contribution < -0.4 is 9.64 Å². The number of fused-ring (bicyclic) bond motifs is 12. The summed E-state index contributed by atoms with van der Waals surface area (Å²) in [5.74, 6) is 3.60. The highest BCUT2D eigenvalue weighted by Crippen LogP contribution is 2.40. The van der Waals surface area contributed by atoms with Crippen LogP contribution in [0, 0.1) is 24.7 Å². The van der Waals surface area contributed by atoms with Crippen LogP contribution in [0.2, 0.25) is 0 Å². The van der Waals surface area contributed by atoms with Crippen molar-refractivity contribution in [3.05, 3.63) is 42.1 Å². The Morgan fingerprint density at radius 1 is 0.914 bits per heavy atom. The van der Waals surface area contributed by atoms with E-state index in [-0.39, 0.29) is 12.5 Å². The van der Waals surface area contributed by atoms with E-state index in [1.807, 2.05) is 35.2 Å². The molecule has 1 amide bonds. The summed E-state index contributed by atoms with van der Waals surface area (Å²) in [7, 11) is 0. The van der Waals surface area contributed by atoms with Gasteiger partial charge in [-0.05, 0) is 49.7 Å². The van der Waals surface area contributed by atoms with Crippen LogP contribution in [0.3, 0.4) is 0 Å². The van der Waals surface area contributed by atoms with Gasteiger partial charge in [-0.3, -0.25) is 14.8 Å². The zero-order valence-corrected chi connectivity index (χ0v) is 21.7. The van der Waals surface area contributed by atoms with Gasteiger partial charge >= 0.3 is 0 Å². The van der Waals surface area contributed by atoms with Gasteiger partial charge in [0.15, 0.2) is 6.61 Å². The standard InChI is InChI=1S/C30H45N3O2/c1-24-13-17-28(18-14-24)35-23-30(34)33(29-19-20-31-32-29)22-27-21-25-11-9-7-5-3-2-4-6-8-10-12-26(27)16-15-25/h13-14,17-20,25-27H,2-12,15-16,21-23H2,1H3,(H,31,32). The minimum atomic E-state index is 0.00147. The van der Waals surface area contributed by atoms with Gasteiger partial charge in [0.05, 0.1) is 6.20 Å². The molecule has 3 aliphatic carbocycles. The Kier molecular flexibility index (Phi) is 10.1. The number of nitrogens with one attached hydrogen (secondary N) is 1. The minimum absolute atomic E-state index is 0.00147. The van der Waals surface area contributed by atoms with Crippen molar-refractivity contribution in [3.8, 4) is 5.75 Å². The second-order valence-electron chi connectivity index (χ2n) is 11.0. The highest BCUT2D eigenvalue weighted by atomic mass is 16.5. The van der Waals surface area contributed by atoms with E-state index in [4.69, 9.17) is 4.74 Å². The van der Waals surface area contributed by atoms with Crippen molar-refractivity contribution in [2.75, 3.05) is 18.1 Å². The lowest BCUT2D eigenvalue weighted by molar-refractivity contribution is -0.120. The summed E-state index contributed by atoms with van der Waals surface area (Å²) in [5, 5.41) is 7.19. The van der Waals surface area contributed by atoms with E-state index in [0.717, 1.165) is 24.0 Å². The molecule has 3 atom stereocenters. The molecule has 0 aliphatic heterocycles. The van der Waals surface area contributed by atoms with Crippen molar-refractivity contribution in [1.82, 2.24) is 10.2 Å². The zero-order valence-electron chi connectivity index (χ0n) is 21.7. The molecule has 2 bridgehead atoms. The third-order valence-electron chi connectivity index (χ3n) is 8.31. The number of benzene rings is 1. The average molecular weight is 480 g/mol. The van der Waals surface area contributed by atoms with Crippen molar-refractivity contribution in [2.24, 2.45) is 17.8 Å². The monoisotopic (exact) mass is 479 g/mol. The van der Waals surface area contributed by atoms with Crippen LogP contribution in [-0.4, -0.2) is 29.3 Å². The Balaban J connectivity index is 1.43. The molecule has 3 aliphatic rings. The molecule has 192 valence electrons. The number of hydrogen-bond acceptors (Lipinski definition) is 3. The van der Waals surface area contributed by atoms with E-state index in [9.17, 15) is 4.79 Å². The van der Waals surface area contributed by atoms with Gasteiger partial charge in [-0.15, -0.1) is 0 Å². The second-order valence-corrected chi connectivity index (χ2v) is 11.0. The molecule has 1 N–H and O–H groups in total. The molecule has 3 unspecified atom stereocenters. The first-order valence-corrected chi connectivity index (χ1v) is 14.2. The third kappa shape index (κ3) is 8.12. The van der Waals surface area contributed by atoms with Gasteiger partial charge in [-0.1, -0.05) is 94.7 Å². The summed E-state index contributed by atoms with van der Waals surface area (Å²) in [4.78, 5) is 15.3. The van der Waals surface area contributed by atoms with Crippen molar-refractivity contribution in [3.63, 3.8) is 0 Å². The molecular weight excluding hydrogens is 434 g/mol. The van der Waals surface area contributed by atoms with E-state index < -0.39 is 0 Å². The number of H-pyrrole nitrogens is 1. The summed E-state index contributed by atoms with van der Waals surface area (Å²) >= 11 is 0. The lowest BCUT2D eigenvalue weighted by Crippen LogP contribution is -2.42. The smallest absolute Gasteiger partial charge is 0.266 e. The molecular formula is C30H45N3O2. The Morgan fingerprint density at radius 2 is 1.60 bits per heavy atom. The number of anilines is 1. The first-order chi connectivity index (χ1) is 17.2. The maximum Gasteiger partial charge on any atom is 0.266 e. The lowest BCUT2D eigenvalue weighted by Gasteiger charge is -2.39. The fraction of sp³-hybridized carbons (Fsp3) is 0.667. The number of amides is 1. The summed E-state index contributed by atoms with van der Waals surface area (Å²) in [5.41, 5.74) is 1.18. The summed E-state index contributed by atoms with van der Waals surface area (Å²) in [6.45, 7) is 2.86. The maximum atomic E-state index is 13.4. The molecule has 0 spiro atoms. The van der Waals surface area contributed by atoms with Crippen molar-refractivity contribution in [2.45, 2.75) is 96.8 Å². The topological polar surface area (TPSA) is 58.2 Å². The van der Waals surface area contributed by atoms with Gasteiger partial charge in [-0.25, -0.2) is 0 Å². The number of aromatic amines is 1. The molecule has 5 heteroatoms. The van der Waals surface area contributed by atoms with E-state index >= 15 is 0 Å². The van der Waals surface area contributed by atoms with Gasteiger partial charge in [-0.2, -0.15) is 5.10 Å². The minimum Gasteiger partial charge on any atom is -0.484 e. The summed E-state index contributed by atoms with van der Waals surface area (Å²) < 4.78 is 5.88. The number of rotatable bonds is 6. The number of aromatic nitrogens is 2. The highest BCUT2D eigenvalue weighted by molar-refractivity contribution is 5.93. The van der Waals surface area contributed by atoms with Crippen LogP contribution >= 0.6 is 0 Å². The molecule has 0 radical (unpaired) electrons. The van der Waals surface area contributed by atoms with Gasteiger partial charge < -0.3 is 4.74 Å². The molecule has 2 aromatic rings. The normalized spacial score (nSPS) is 24.3. The molecule has 1 aromatic carbocycles. The van der Waals surface area contributed by atoms with Gasteiger partial charge in [0.1, 0.15) is 11.6 Å². The lowest BCUT2D eigenvalue weighted by atomic mass is 9.70. The van der Waals surface area contributed by atoms with E-state index in [0.29, 0.717) is 11.8 Å². The van der Waals surface area contributed by atoms with Gasteiger partial charge in [0.2, 0.25) is 0 Å². The fourth-order valence-corrected chi connectivity index (χ4v) is 6.19. The Labute approximate surface area is 212 Å². The summed E-state index contributed by atoms with van der Waals surface area (Å²) in [6, 6.07) is 9.80. The Hall–Kier alpha value is -2.30. The van der Waals surface area contributed by atoms with E-state index in [1.165, 1.54) is 95.5 Å². The first kappa shape index (κ1) is 25.8. The number of carbonyl (C=O) groups excluding carboxylic acids is 1. The quantitative estimate of drug-likeness (QED) is 0.467. The predicted octanol–water partition coefficient (Wildman–Crippen LogP) is 7.47. The van der Waals surface area contributed by atoms with Crippen LogP contribution in [0.1, 0.15) is 95.5 Å². The number of carbonyl (C=O) groups is 1. The van der Waals surface area contributed by atoms with Gasteiger partial charge in [0.25, 0.3) is 5.91 Å². The molecule has 3 fully saturated rings. The summed E-state index contributed by atoms with van der Waals surface area (Å²) in [6.07, 6.45) is 20.8. The fourth-order valence-electron chi connectivity index (χ4n) is 6.19. The van der Waals surface area contributed by atoms with Crippen LogP contribution in [0.4, 0.5) is 5.82 Å². The second kappa shape index (κ2) is 13.7. The van der Waals surface area contributed by atoms with E-state index in [1.54, 1.807) is 6.20 Å². The van der Waals surface area contributed by atoms with E-state index in [2.05, 4.69) is 17.1 Å². The zero-order chi connectivity index (χ0) is 24.3. The molecule has 5 rings (SSSR count). The third-order valence-corrected chi connectivity index (χ3v) is 8.31. The molecule has 1 heterocycles. The SMILES string of the molecule is Cc1ccc(OCC(=O)N(CC2CC3CCCCCCCCCCCC2CC3)c2ccn[nH]2)cc1. The highest BCUT2D eigenvalue weighted by Gasteiger charge is 2.33. The molecule has 3 saturated carbocycles. The predicted molar refractivity (Wildman–Crippen MR) is 143 cm³/mol. The Morgan fingerprint density at radius 3 is 2.29 bits per heavy atom. The number of hydrogen-bond donors (Lipinski definition) is 1. The average Bonchev–Trinajstić information content (AvgIpc) is 3.40. The van der Waals surface area contributed by atoms with Crippen LogP contribution in [0.15, 0.2) is 36.5 Å². The van der Waals surface area contributed by atoms with Crippen molar-refractivity contribution >= 4 is 11.7 Å². The number of nitrogens with zero attached hydrogens (tertiary/aromatic N) is 2. The molecule has 5 nitrogen and oxygen atoms in total.